The fourth-order valence-electron chi connectivity index (χ4n) is 2.39. The van der Waals surface area contributed by atoms with Crippen molar-refractivity contribution in [2.45, 2.75) is 18.2 Å². The minimum absolute atomic E-state index is 0.0574. The fourth-order valence-corrected chi connectivity index (χ4v) is 3.45. The number of aromatic nitrogens is 1. The number of aliphatic imine (C=N–C) groups is 1. The summed E-state index contributed by atoms with van der Waals surface area (Å²) in [4.78, 5) is 18.6. The number of rotatable bonds is 10. The molecule has 0 aliphatic heterocycles. The molecule has 0 aliphatic carbocycles. The first-order valence-corrected chi connectivity index (χ1v) is 10.6. The van der Waals surface area contributed by atoms with E-state index < -0.39 is 14.9 Å². The van der Waals surface area contributed by atoms with E-state index in [2.05, 4.69) is 25.3 Å². The van der Waals surface area contributed by atoms with Crippen LogP contribution in [-0.2, 0) is 16.4 Å². The maximum absolute atomic E-state index is 12.3. The highest BCUT2D eigenvalue weighted by Crippen LogP contribution is 2.16. The predicted octanol–water partition coefficient (Wildman–Crippen LogP) is 1.07. The van der Waals surface area contributed by atoms with Crippen molar-refractivity contribution < 1.29 is 13.3 Å². The van der Waals surface area contributed by atoms with Crippen molar-refractivity contribution in [2.24, 2.45) is 4.99 Å². The maximum atomic E-state index is 12.3. The second-order valence-electron chi connectivity index (χ2n) is 5.91. The summed E-state index contributed by atoms with van der Waals surface area (Å²) >= 11 is 0. The van der Waals surface area contributed by atoms with Crippen LogP contribution in [0.25, 0.3) is 0 Å². The van der Waals surface area contributed by atoms with E-state index in [0.717, 1.165) is 18.2 Å². The van der Waals surface area contributed by atoms with E-state index in [1.54, 1.807) is 6.20 Å². The van der Waals surface area contributed by atoms with Crippen LogP contribution < -0.4 is 15.4 Å². The van der Waals surface area contributed by atoms with Crippen molar-refractivity contribution in [1.29, 1.82) is 0 Å². The quantitative estimate of drug-likeness (QED) is 0.172. The number of nitro groups is 1. The molecule has 1 aromatic heterocycles. The third-order valence-electron chi connectivity index (χ3n) is 3.76. The van der Waals surface area contributed by atoms with E-state index in [0.29, 0.717) is 19.0 Å². The van der Waals surface area contributed by atoms with Gasteiger partial charge in [0.25, 0.3) is 5.69 Å². The van der Waals surface area contributed by atoms with E-state index in [1.165, 1.54) is 18.2 Å². The molecule has 0 amide bonds. The lowest BCUT2D eigenvalue weighted by Crippen LogP contribution is -2.39. The molecule has 0 spiro atoms. The standard InChI is InChI=1S/C18H24N6O4S/c1-2-19-18(21-11-9-15-6-3-4-10-20-15)22-12-13-23-29(27,28)17-8-5-7-16(14-17)24(25)26/h3-8,10,14,23H,2,9,11-13H2,1H3,(H2,19,21,22). The third kappa shape index (κ3) is 7.47. The van der Waals surface area contributed by atoms with Crippen molar-refractivity contribution in [2.75, 3.05) is 26.2 Å². The predicted molar refractivity (Wildman–Crippen MR) is 110 cm³/mol. The van der Waals surface area contributed by atoms with Crippen molar-refractivity contribution in [3.63, 3.8) is 0 Å². The van der Waals surface area contributed by atoms with Gasteiger partial charge >= 0.3 is 0 Å². The van der Waals surface area contributed by atoms with Gasteiger partial charge in [0.05, 0.1) is 16.4 Å². The lowest BCUT2D eigenvalue weighted by molar-refractivity contribution is -0.385. The van der Waals surface area contributed by atoms with Crippen molar-refractivity contribution in [1.82, 2.24) is 20.3 Å². The average molecular weight is 420 g/mol. The monoisotopic (exact) mass is 420 g/mol. The molecule has 0 radical (unpaired) electrons. The Morgan fingerprint density at radius 2 is 2.00 bits per heavy atom. The molecule has 3 N–H and O–H groups in total. The Hall–Kier alpha value is -3.05. The van der Waals surface area contributed by atoms with Crippen LogP contribution in [-0.4, -0.2) is 50.5 Å². The Bertz CT molecular complexity index is 934. The van der Waals surface area contributed by atoms with Crippen LogP contribution in [0.15, 0.2) is 58.5 Å². The van der Waals surface area contributed by atoms with Crippen LogP contribution in [0.1, 0.15) is 12.6 Å². The van der Waals surface area contributed by atoms with Gasteiger partial charge in [-0.3, -0.25) is 20.1 Å². The van der Waals surface area contributed by atoms with Gasteiger partial charge in [-0.1, -0.05) is 12.1 Å². The van der Waals surface area contributed by atoms with Crippen LogP contribution in [0.5, 0.6) is 0 Å². The molecule has 2 aromatic rings. The molecule has 156 valence electrons. The normalized spacial score (nSPS) is 11.8. The highest BCUT2D eigenvalue weighted by molar-refractivity contribution is 7.89. The molecular formula is C18H24N6O4S. The lowest BCUT2D eigenvalue weighted by atomic mass is 10.3. The van der Waals surface area contributed by atoms with Crippen LogP contribution >= 0.6 is 0 Å². The van der Waals surface area contributed by atoms with Gasteiger partial charge in [0.1, 0.15) is 0 Å². The highest BCUT2D eigenvalue weighted by Gasteiger charge is 2.16. The van der Waals surface area contributed by atoms with E-state index in [4.69, 9.17) is 0 Å². The molecule has 0 aliphatic rings. The highest BCUT2D eigenvalue weighted by atomic mass is 32.2. The number of nitro benzene ring substituents is 1. The summed E-state index contributed by atoms with van der Waals surface area (Å²) in [6.45, 7) is 3.48. The molecule has 0 atom stereocenters. The molecule has 0 saturated carbocycles. The number of guanidine groups is 1. The van der Waals surface area contributed by atoms with E-state index in [9.17, 15) is 18.5 Å². The summed E-state index contributed by atoms with van der Waals surface area (Å²) in [5, 5.41) is 17.1. The lowest BCUT2D eigenvalue weighted by Gasteiger charge is -2.11. The van der Waals surface area contributed by atoms with Crippen LogP contribution in [0.4, 0.5) is 5.69 Å². The largest absolute Gasteiger partial charge is 0.357 e. The number of benzene rings is 1. The Kier molecular flexibility index (Phi) is 8.49. The summed E-state index contributed by atoms with van der Waals surface area (Å²) in [7, 11) is -3.85. The van der Waals surface area contributed by atoms with Crippen molar-refractivity contribution in [3.8, 4) is 0 Å². The Balaban J connectivity index is 1.86. The number of nitrogens with one attached hydrogen (secondary N) is 3. The average Bonchev–Trinajstić information content (AvgIpc) is 2.72. The first kappa shape index (κ1) is 22.2. The van der Waals surface area contributed by atoms with Gasteiger partial charge in [-0.25, -0.2) is 13.1 Å². The van der Waals surface area contributed by atoms with Gasteiger partial charge < -0.3 is 10.6 Å². The Morgan fingerprint density at radius 3 is 2.69 bits per heavy atom. The van der Waals surface area contributed by atoms with Gasteiger partial charge in [-0.05, 0) is 25.1 Å². The molecule has 0 bridgehead atoms. The molecular weight excluding hydrogens is 396 g/mol. The van der Waals surface area contributed by atoms with E-state index in [1.807, 2.05) is 25.1 Å². The van der Waals surface area contributed by atoms with Crippen molar-refractivity contribution >= 4 is 21.7 Å². The molecule has 1 heterocycles. The van der Waals surface area contributed by atoms with Crippen LogP contribution in [0.3, 0.4) is 0 Å². The molecule has 0 saturated heterocycles. The Labute approximate surface area is 169 Å². The summed E-state index contributed by atoms with van der Waals surface area (Å²) in [5.74, 6) is 0.568. The van der Waals surface area contributed by atoms with E-state index >= 15 is 0 Å². The molecule has 10 nitrogen and oxygen atoms in total. The molecule has 29 heavy (non-hydrogen) atoms. The van der Waals surface area contributed by atoms with Gasteiger partial charge in [0.2, 0.25) is 10.0 Å². The smallest absolute Gasteiger partial charge is 0.270 e. The number of nitrogens with zero attached hydrogens (tertiary/aromatic N) is 3. The molecule has 1 aromatic carbocycles. The number of non-ortho nitro benzene ring substituents is 1. The third-order valence-corrected chi connectivity index (χ3v) is 5.22. The minimum atomic E-state index is -3.85. The molecule has 11 heteroatoms. The second kappa shape index (κ2) is 11.1. The summed E-state index contributed by atoms with van der Waals surface area (Å²) in [5.41, 5.74) is 0.679. The summed E-state index contributed by atoms with van der Waals surface area (Å²) < 4.78 is 27.0. The van der Waals surface area contributed by atoms with Gasteiger partial charge in [-0.2, -0.15) is 0 Å². The number of hydrogen-bond acceptors (Lipinski definition) is 6. The van der Waals surface area contributed by atoms with Gasteiger partial charge in [-0.15, -0.1) is 0 Å². The zero-order valence-corrected chi connectivity index (χ0v) is 16.9. The van der Waals surface area contributed by atoms with Gasteiger partial charge in [0.15, 0.2) is 5.96 Å². The van der Waals surface area contributed by atoms with Crippen LogP contribution in [0.2, 0.25) is 0 Å². The zero-order chi connectivity index (χ0) is 21.1. The topological polar surface area (TPSA) is 139 Å². The molecule has 2 rings (SSSR count). The van der Waals surface area contributed by atoms with E-state index in [-0.39, 0.29) is 23.7 Å². The number of hydrogen-bond donors (Lipinski definition) is 3. The second-order valence-corrected chi connectivity index (χ2v) is 7.68. The number of sulfonamides is 1. The summed E-state index contributed by atoms with van der Waals surface area (Å²) in [6, 6.07) is 10.6. The number of pyridine rings is 1. The van der Waals surface area contributed by atoms with Gasteiger partial charge in [0, 0.05) is 50.1 Å². The molecule has 0 unspecified atom stereocenters. The minimum Gasteiger partial charge on any atom is -0.357 e. The Morgan fingerprint density at radius 1 is 1.17 bits per heavy atom. The summed E-state index contributed by atoms with van der Waals surface area (Å²) in [6.07, 6.45) is 2.47. The molecule has 0 fully saturated rings. The first-order valence-electron chi connectivity index (χ1n) is 9.08. The fraction of sp³-hybridized carbons (Fsp3) is 0.333. The SMILES string of the molecule is CCNC(=NCCNS(=O)(=O)c1cccc([N+](=O)[O-])c1)NCCc1ccccn1. The van der Waals surface area contributed by atoms with Crippen molar-refractivity contribution in [3.05, 3.63) is 64.5 Å². The van der Waals surface area contributed by atoms with Crippen LogP contribution in [0, 0.1) is 10.1 Å². The maximum Gasteiger partial charge on any atom is 0.270 e. The first-order chi connectivity index (χ1) is 13.9. The zero-order valence-electron chi connectivity index (χ0n) is 16.0.